The molecule has 0 aromatic heterocycles. The molecule has 0 fully saturated rings. The Kier molecular flexibility index (Phi) is 5.89. The van der Waals surface area contributed by atoms with Crippen molar-refractivity contribution >= 4 is 44.1 Å². The minimum Gasteiger partial charge on any atom is -0.744 e. The first-order valence-electron chi connectivity index (χ1n) is 8.20. The number of anilines is 2. The SMILES string of the molecule is Nc1ccc(CN2C(=O)c3cccc4c(N)c(S(=O)(=O)[O-])cc(c34)C2=O)cc1.[K+]. The summed E-state index contributed by atoms with van der Waals surface area (Å²) < 4.78 is 34.8. The molecule has 142 valence electrons. The molecule has 2 amide bonds. The van der Waals surface area contributed by atoms with Crippen molar-refractivity contribution in [2.45, 2.75) is 11.4 Å². The van der Waals surface area contributed by atoms with Crippen LogP contribution in [-0.4, -0.2) is 29.7 Å². The topological polar surface area (TPSA) is 147 Å². The van der Waals surface area contributed by atoms with Crippen molar-refractivity contribution in [3.8, 4) is 0 Å². The number of nitrogens with two attached hydrogens (primary N) is 2. The fourth-order valence-electron chi connectivity index (χ4n) is 3.37. The van der Waals surface area contributed by atoms with Gasteiger partial charge in [0.25, 0.3) is 11.8 Å². The van der Waals surface area contributed by atoms with E-state index in [4.69, 9.17) is 11.5 Å². The van der Waals surface area contributed by atoms with Crippen LogP contribution in [-0.2, 0) is 16.7 Å². The summed E-state index contributed by atoms with van der Waals surface area (Å²) in [5.41, 5.74) is 12.6. The number of carbonyl (C=O) groups excluding carboxylic acids is 2. The van der Waals surface area contributed by atoms with E-state index < -0.39 is 26.8 Å². The molecular formula is C19H14KN3O5S. The maximum absolute atomic E-state index is 13.0. The van der Waals surface area contributed by atoms with E-state index in [1.54, 1.807) is 24.3 Å². The number of imide groups is 1. The number of amides is 2. The Morgan fingerprint density at radius 3 is 2.17 bits per heavy atom. The molecule has 4 N–H and O–H groups in total. The average Bonchev–Trinajstić information content (AvgIpc) is 2.65. The minimum absolute atomic E-state index is 0. The van der Waals surface area contributed by atoms with Gasteiger partial charge in [0.05, 0.1) is 22.7 Å². The molecule has 0 unspecified atom stereocenters. The first-order valence-corrected chi connectivity index (χ1v) is 9.61. The van der Waals surface area contributed by atoms with Gasteiger partial charge in [-0.15, -0.1) is 0 Å². The van der Waals surface area contributed by atoms with E-state index in [1.165, 1.54) is 18.2 Å². The summed E-state index contributed by atoms with van der Waals surface area (Å²) in [6, 6.07) is 12.1. The smallest absolute Gasteiger partial charge is 0.744 e. The predicted octanol–water partition coefficient (Wildman–Crippen LogP) is -1.29. The van der Waals surface area contributed by atoms with Gasteiger partial charge >= 0.3 is 51.4 Å². The molecule has 10 heteroatoms. The number of hydrogen-bond donors (Lipinski definition) is 2. The second-order valence-corrected chi connectivity index (χ2v) is 7.80. The van der Waals surface area contributed by atoms with Gasteiger partial charge in [0.15, 0.2) is 0 Å². The van der Waals surface area contributed by atoms with Crippen LogP contribution in [0.25, 0.3) is 10.8 Å². The number of hydrogen-bond acceptors (Lipinski definition) is 7. The summed E-state index contributed by atoms with van der Waals surface area (Å²) in [5.74, 6) is -1.23. The summed E-state index contributed by atoms with van der Waals surface area (Å²) in [7, 11) is -4.91. The first-order chi connectivity index (χ1) is 13.2. The van der Waals surface area contributed by atoms with Crippen LogP contribution in [0.3, 0.4) is 0 Å². The molecule has 0 saturated carbocycles. The molecule has 0 aliphatic carbocycles. The molecule has 1 aliphatic heterocycles. The van der Waals surface area contributed by atoms with Crippen molar-refractivity contribution in [1.82, 2.24) is 4.90 Å². The Balaban J connectivity index is 0.00000240. The van der Waals surface area contributed by atoms with Crippen molar-refractivity contribution in [3.63, 3.8) is 0 Å². The van der Waals surface area contributed by atoms with E-state index in [1.807, 2.05) is 0 Å². The van der Waals surface area contributed by atoms with Crippen LogP contribution in [0.15, 0.2) is 53.4 Å². The quantitative estimate of drug-likeness (QED) is 0.225. The zero-order valence-electron chi connectivity index (χ0n) is 15.4. The predicted molar refractivity (Wildman–Crippen MR) is 101 cm³/mol. The molecule has 3 aromatic rings. The Morgan fingerprint density at radius 1 is 0.931 bits per heavy atom. The van der Waals surface area contributed by atoms with Gasteiger partial charge < -0.3 is 16.0 Å². The van der Waals surface area contributed by atoms with Crippen LogP contribution >= 0.6 is 0 Å². The van der Waals surface area contributed by atoms with Crippen molar-refractivity contribution in [1.29, 1.82) is 0 Å². The number of rotatable bonds is 3. The summed E-state index contributed by atoms with van der Waals surface area (Å²) in [5, 5.41) is 0.425. The van der Waals surface area contributed by atoms with Crippen molar-refractivity contribution in [2.24, 2.45) is 0 Å². The molecule has 0 atom stereocenters. The Labute approximate surface area is 209 Å². The monoisotopic (exact) mass is 435 g/mol. The number of carbonyl (C=O) groups is 2. The van der Waals surface area contributed by atoms with Gasteiger partial charge in [-0.05, 0) is 29.8 Å². The maximum atomic E-state index is 13.0. The standard InChI is InChI=1S/C19H15N3O5S.K/c20-11-6-4-10(5-7-11)9-22-18(23)13-3-1-2-12-16(13)14(19(22)24)8-15(17(12)21)28(25,26)27;/h1-8H,9,20-21H2,(H,25,26,27);/q;+1/p-1. The fraction of sp³-hybridized carbons (Fsp3) is 0.0526. The largest absolute Gasteiger partial charge is 1.00 e. The van der Waals surface area contributed by atoms with E-state index in [0.717, 1.165) is 11.0 Å². The van der Waals surface area contributed by atoms with Gasteiger partial charge in [0.2, 0.25) is 0 Å². The van der Waals surface area contributed by atoms with Crippen molar-refractivity contribution in [3.05, 3.63) is 65.2 Å². The Hall–Kier alpha value is -1.79. The first kappa shape index (κ1) is 21.9. The molecule has 1 heterocycles. The zero-order chi connectivity index (χ0) is 20.2. The van der Waals surface area contributed by atoms with Crippen molar-refractivity contribution < 1.29 is 73.9 Å². The zero-order valence-corrected chi connectivity index (χ0v) is 19.3. The molecule has 29 heavy (non-hydrogen) atoms. The van der Waals surface area contributed by atoms with Gasteiger partial charge in [0.1, 0.15) is 10.1 Å². The van der Waals surface area contributed by atoms with Crippen molar-refractivity contribution in [2.75, 3.05) is 11.5 Å². The summed E-state index contributed by atoms with van der Waals surface area (Å²) in [6.07, 6.45) is 0. The molecule has 4 rings (SSSR count). The van der Waals surface area contributed by atoms with Gasteiger partial charge in [-0.1, -0.05) is 24.3 Å². The van der Waals surface area contributed by atoms with Gasteiger partial charge in [-0.2, -0.15) is 0 Å². The van der Waals surface area contributed by atoms with Gasteiger partial charge in [-0.25, -0.2) is 8.42 Å². The summed E-state index contributed by atoms with van der Waals surface area (Å²) in [4.78, 5) is 26.3. The van der Waals surface area contributed by atoms with E-state index in [9.17, 15) is 22.6 Å². The Morgan fingerprint density at radius 2 is 1.55 bits per heavy atom. The van der Waals surface area contributed by atoms with Crippen LogP contribution in [0.2, 0.25) is 0 Å². The number of nitrogens with zero attached hydrogens (tertiary/aromatic N) is 1. The third-order valence-electron chi connectivity index (χ3n) is 4.71. The van der Waals surface area contributed by atoms with E-state index in [0.29, 0.717) is 11.3 Å². The van der Waals surface area contributed by atoms with Crippen LogP contribution in [0, 0.1) is 0 Å². The minimum atomic E-state index is -4.91. The third-order valence-corrected chi connectivity index (χ3v) is 5.58. The second-order valence-electron chi connectivity index (χ2n) is 6.46. The molecular weight excluding hydrogens is 421 g/mol. The number of benzene rings is 3. The van der Waals surface area contributed by atoms with E-state index in [-0.39, 0.29) is 85.5 Å². The maximum Gasteiger partial charge on any atom is 1.00 e. The van der Waals surface area contributed by atoms with Crippen LogP contribution in [0.5, 0.6) is 0 Å². The summed E-state index contributed by atoms with van der Waals surface area (Å²) in [6.45, 7) is -0.0301. The molecule has 0 spiro atoms. The second kappa shape index (κ2) is 7.80. The van der Waals surface area contributed by atoms with Crippen LogP contribution in [0.4, 0.5) is 11.4 Å². The van der Waals surface area contributed by atoms with Crippen LogP contribution in [0.1, 0.15) is 26.3 Å². The van der Waals surface area contributed by atoms with Crippen LogP contribution < -0.4 is 62.9 Å². The fourth-order valence-corrected chi connectivity index (χ4v) is 4.01. The van der Waals surface area contributed by atoms with Gasteiger partial charge in [-0.3, -0.25) is 14.5 Å². The average molecular weight is 436 g/mol. The molecule has 1 aliphatic rings. The molecule has 3 aromatic carbocycles. The van der Waals surface area contributed by atoms with Gasteiger partial charge in [0, 0.05) is 22.0 Å². The van der Waals surface area contributed by atoms with E-state index in [2.05, 4.69) is 0 Å². The molecule has 0 bridgehead atoms. The molecule has 8 nitrogen and oxygen atoms in total. The Bertz CT molecular complexity index is 1270. The molecule has 0 radical (unpaired) electrons. The third kappa shape index (κ3) is 3.72. The normalized spacial score (nSPS) is 13.5. The van der Waals surface area contributed by atoms with E-state index >= 15 is 0 Å². The molecule has 0 saturated heterocycles. The number of nitrogen functional groups attached to an aromatic ring is 2. The summed E-state index contributed by atoms with van der Waals surface area (Å²) >= 11 is 0.